The van der Waals surface area contributed by atoms with E-state index in [1.54, 1.807) is 6.20 Å². The molecule has 0 saturated heterocycles. The lowest BCUT2D eigenvalue weighted by atomic mass is 9.95. The molecule has 0 bridgehead atoms. The zero-order valence-electron chi connectivity index (χ0n) is 9.53. The van der Waals surface area contributed by atoms with Crippen molar-refractivity contribution in [1.82, 2.24) is 4.98 Å². The van der Waals surface area contributed by atoms with Crippen LogP contribution in [-0.2, 0) is 4.79 Å². The summed E-state index contributed by atoms with van der Waals surface area (Å²) in [5.74, 6) is 0.976. The Labute approximate surface area is 109 Å². The molecule has 0 radical (unpaired) electrons. The minimum atomic E-state index is 0.0360. The van der Waals surface area contributed by atoms with Crippen molar-refractivity contribution < 1.29 is 4.79 Å². The van der Waals surface area contributed by atoms with Crippen molar-refractivity contribution in [3.63, 3.8) is 0 Å². The Morgan fingerprint density at radius 2 is 2.41 bits per heavy atom. The number of anilines is 1. The summed E-state index contributed by atoms with van der Waals surface area (Å²) in [6, 6.07) is 3.68. The van der Waals surface area contributed by atoms with Gasteiger partial charge in [-0.25, -0.2) is 4.98 Å². The van der Waals surface area contributed by atoms with Gasteiger partial charge in [0.05, 0.1) is 4.47 Å². The molecule has 1 saturated carbocycles. The third kappa shape index (κ3) is 2.84. The van der Waals surface area contributed by atoms with E-state index in [2.05, 4.69) is 26.2 Å². The molecule has 3 N–H and O–H groups in total. The number of halogens is 1. The van der Waals surface area contributed by atoms with Gasteiger partial charge in [0.2, 0.25) is 5.91 Å². The lowest BCUT2D eigenvalue weighted by molar-refractivity contribution is -0.120. The summed E-state index contributed by atoms with van der Waals surface area (Å²) < 4.78 is 0.802. The highest BCUT2D eigenvalue weighted by Crippen LogP contribution is 2.32. The van der Waals surface area contributed by atoms with E-state index in [0.717, 1.165) is 23.7 Å². The largest absolute Gasteiger partial charge is 0.330 e. The average Bonchev–Trinajstić information content (AvgIpc) is 2.80. The quantitative estimate of drug-likeness (QED) is 0.898. The third-order valence-corrected chi connectivity index (χ3v) is 3.94. The van der Waals surface area contributed by atoms with Crippen molar-refractivity contribution in [2.24, 2.45) is 17.6 Å². The summed E-state index contributed by atoms with van der Waals surface area (Å²) >= 11 is 3.36. The van der Waals surface area contributed by atoms with Crippen molar-refractivity contribution in [3.05, 3.63) is 22.8 Å². The normalized spacial score (nSPS) is 23.6. The van der Waals surface area contributed by atoms with Crippen LogP contribution < -0.4 is 11.1 Å². The molecule has 4 nitrogen and oxygen atoms in total. The van der Waals surface area contributed by atoms with E-state index in [0.29, 0.717) is 18.3 Å². The van der Waals surface area contributed by atoms with Gasteiger partial charge in [0.25, 0.3) is 0 Å². The minimum absolute atomic E-state index is 0.0360. The van der Waals surface area contributed by atoms with Gasteiger partial charge in [-0.05, 0) is 53.4 Å². The maximum Gasteiger partial charge on any atom is 0.228 e. The molecule has 2 rings (SSSR count). The van der Waals surface area contributed by atoms with Gasteiger partial charge in [-0.1, -0.05) is 6.42 Å². The fourth-order valence-electron chi connectivity index (χ4n) is 2.35. The van der Waals surface area contributed by atoms with Crippen LogP contribution in [0.15, 0.2) is 22.8 Å². The Balaban J connectivity index is 2.04. The predicted octanol–water partition coefficient (Wildman–Crippen LogP) is 2.16. The van der Waals surface area contributed by atoms with E-state index in [9.17, 15) is 4.79 Å². The molecule has 1 amide bonds. The van der Waals surface area contributed by atoms with Gasteiger partial charge < -0.3 is 11.1 Å². The molecule has 0 aliphatic heterocycles. The Kier molecular flexibility index (Phi) is 4.12. The zero-order valence-corrected chi connectivity index (χ0v) is 11.1. The number of nitrogens with zero attached hydrogens (tertiary/aromatic N) is 1. The predicted molar refractivity (Wildman–Crippen MR) is 70.5 cm³/mol. The molecule has 1 aliphatic carbocycles. The number of carbonyl (C=O) groups is 1. The molecule has 0 spiro atoms. The van der Waals surface area contributed by atoms with Crippen LogP contribution in [0, 0.1) is 11.8 Å². The van der Waals surface area contributed by atoms with Crippen molar-refractivity contribution in [3.8, 4) is 0 Å². The number of nitrogens with two attached hydrogens (primary N) is 1. The number of pyridine rings is 1. The maximum atomic E-state index is 12.1. The van der Waals surface area contributed by atoms with Crippen LogP contribution >= 0.6 is 15.9 Å². The number of carbonyl (C=O) groups excluding carboxylic acids is 1. The highest BCUT2D eigenvalue weighted by Gasteiger charge is 2.32. The Morgan fingerprint density at radius 3 is 3.12 bits per heavy atom. The fraction of sp³-hybridized carbons (Fsp3) is 0.500. The molecule has 1 heterocycles. The standard InChI is InChI=1S/C12H16BrN3O/c13-10-5-2-6-15-11(10)16-12(17)9-4-1-3-8(9)7-14/h2,5-6,8-9H,1,3-4,7,14H2,(H,15,16,17). The van der Waals surface area contributed by atoms with E-state index in [4.69, 9.17) is 5.73 Å². The number of rotatable bonds is 3. The van der Waals surface area contributed by atoms with Gasteiger partial charge >= 0.3 is 0 Å². The van der Waals surface area contributed by atoms with E-state index in [1.807, 2.05) is 12.1 Å². The fourth-order valence-corrected chi connectivity index (χ4v) is 2.71. The monoisotopic (exact) mass is 297 g/mol. The molecule has 1 fully saturated rings. The van der Waals surface area contributed by atoms with Gasteiger partial charge in [-0.15, -0.1) is 0 Å². The molecule has 2 atom stereocenters. The van der Waals surface area contributed by atoms with E-state index < -0.39 is 0 Å². The van der Waals surface area contributed by atoms with Crippen LogP contribution in [0.4, 0.5) is 5.82 Å². The molecule has 2 unspecified atom stereocenters. The second-order valence-corrected chi connectivity index (χ2v) is 5.21. The van der Waals surface area contributed by atoms with Crippen LogP contribution in [0.25, 0.3) is 0 Å². The van der Waals surface area contributed by atoms with Crippen LogP contribution in [0.5, 0.6) is 0 Å². The van der Waals surface area contributed by atoms with Gasteiger partial charge in [0.15, 0.2) is 0 Å². The summed E-state index contributed by atoms with van der Waals surface area (Å²) in [5, 5.41) is 2.86. The second-order valence-electron chi connectivity index (χ2n) is 4.36. The van der Waals surface area contributed by atoms with Crippen molar-refractivity contribution in [2.45, 2.75) is 19.3 Å². The average molecular weight is 298 g/mol. The number of nitrogens with one attached hydrogen (secondary N) is 1. The van der Waals surface area contributed by atoms with Crippen LogP contribution in [-0.4, -0.2) is 17.4 Å². The number of aromatic nitrogens is 1. The molecule has 0 aromatic carbocycles. The first-order valence-electron chi connectivity index (χ1n) is 5.84. The number of amides is 1. The Morgan fingerprint density at radius 1 is 1.59 bits per heavy atom. The summed E-state index contributed by atoms with van der Waals surface area (Å²) in [6.07, 6.45) is 4.73. The summed E-state index contributed by atoms with van der Waals surface area (Å²) in [6.45, 7) is 0.585. The first kappa shape index (κ1) is 12.5. The van der Waals surface area contributed by atoms with Gasteiger partial charge in [-0.2, -0.15) is 0 Å². The van der Waals surface area contributed by atoms with E-state index in [1.165, 1.54) is 0 Å². The maximum absolute atomic E-state index is 12.1. The topological polar surface area (TPSA) is 68.0 Å². The van der Waals surface area contributed by atoms with Crippen molar-refractivity contribution in [2.75, 3.05) is 11.9 Å². The molecule has 1 aliphatic rings. The Hall–Kier alpha value is -0.940. The second kappa shape index (κ2) is 5.60. The minimum Gasteiger partial charge on any atom is -0.330 e. The molecule has 92 valence electrons. The number of hydrogen-bond donors (Lipinski definition) is 2. The molecular weight excluding hydrogens is 282 g/mol. The van der Waals surface area contributed by atoms with E-state index >= 15 is 0 Å². The SMILES string of the molecule is NCC1CCCC1C(=O)Nc1ncccc1Br. The zero-order chi connectivity index (χ0) is 12.3. The smallest absolute Gasteiger partial charge is 0.228 e. The van der Waals surface area contributed by atoms with Gasteiger partial charge in [0, 0.05) is 12.1 Å². The Bertz CT molecular complexity index is 410. The van der Waals surface area contributed by atoms with Crippen LogP contribution in [0.2, 0.25) is 0 Å². The molecule has 5 heteroatoms. The van der Waals surface area contributed by atoms with Gasteiger partial charge in [0.1, 0.15) is 5.82 Å². The number of hydrogen-bond acceptors (Lipinski definition) is 3. The summed E-state index contributed by atoms with van der Waals surface area (Å²) in [4.78, 5) is 16.2. The summed E-state index contributed by atoms with van der Waals surface area (Å²) in [5.41, 5.74) is 5.68. The van der Waals surface area contributed by atoms with Crippen LogP contribution in [0.1, 0.15) is 19.3 Å². The molecular formula is C12H16BrN3O. The molecule has 1 aromatic heterocycles. The van der Waals surface area contributed by atoms with Crippen LogP contribution in [0.3, 0.4) is 0 Å². The van der Waals surface area contributed by atoms with Gasteiger partial charge in [-0.3, -0.25) is 4.79 Å². The third-order valence-electron chi connectivity index (χ3n) is 3.30. The highest BCUT2D eigenvalue weighted by atomic mass is 79.9. The van der Waals surface area contributed by atoms with Crippen molar-refractivity contribution in [1.29, 1.82) is 0 Å². The molecule has 17 heavy (non-hydrogen) atoms. The first-order valence-corrected chi connectivity index (χ1v) is 6.63. The first-order chi connectivity index (χ1) is 8.22. The summed E-state index contributed by atoms with van der Waals surface area (Å²) in [7, 11) is 0. The highest BCUT2D eigenvalue weighted by molar-refractivity contribution is 9.10. The van der Waals surface area contributed by atoms with E-state index in [-0.39, 0.29) is 11.8 Å². The molecule has 1 aromatic rings. The lowest BCUT2D eigenvalue weighted by Gasteiger charge is -2.17. The van der Waals surface area contributed by atoms with Crippen molar-refractivity contribution >= 4 is 27.7 Å². The lowest BCUT2D eigenvalue weighted by Crippen LogP contribution is -2.30.